The normalized spacial score (nSPS) is 10.1. The van der Waals surface area contributed by atoms with Gasteiger partial charge < -0.3 is 9.64 Å². The van der Waals surface area contributed by atoms with Crippen LogP contribution in [0.5, 0.6) is 0 Å². The molecule has 5 nitrogen and oxygen atoms in total. The topological polar surface area (TPSA) is 70.4 Å². The van der Waals surface area contributed by atoms with Crippen molar-refractivity contribution in [1.82, 2.24) is 0 Å². The monoisotopic (exact) mass is 386 g/mol. The van der Waals surface area contributed by atoms with E-state index in [-0.39, 0.29) is 19.4 Å². The van der Waals surface area contributed by atoms with Crippen molar-refractivity contribution in [3.05, 3.63) is 60.4 Å². The van der Waals surface area contributed by atoms with Gasteiger partial charge in [0.2, 0.25) is 0 Å². The molecule has 140 valence electrons. The van der Waals surface area contributed by atoms with Gasteiger partial charge in [0, 0.05) is 22.9 Å². The number of anilines is 1. The first-order valence-corrected chi connectivity index (χ1v) is 9.35. The molecule has 0 fully saturated rings. The molecule has 0 N–H and O–H groups in total. The van der Waals surface area contributed by atoms with Crippen LogP contribution < -0.4 is 4.90 Å². The van der Waals surface area contributed by atoms with Crippen molar-refractivity contribution < 1.29 is 18.7 Å². The molecular formula is C20H19FN2O3S. The van der Waals surface area contributed by atoms with E-state index in [1.807, 2.05) is 36.4 Å². The van der Waals surface area contributed by atoms with Gasteiger partial charge in [0.05, 0.1) is 18.9 Å². The van der Waals surface area contributed by atoms with E-state index in [2.05, 4.69) is 0 Å². The minimum atomic E-state index is -0.467. The smallest absolute Gasteiger partial charge is 0.307 e. The Morgan fingerprint density at radius 1 is 1.11 bits per heavy atom. The molecule has 0 radical (unpaired) electrons. The molecule has 1 amide bonds. The van der Waals surface area contributed by atoms with E-state index in [1.54, 1.807) is 0 Å². The number of ether oxygens (including phenoxy) is 1. The predicted octanol–water partition coefficient (Wildman–Crippen LogP) is 3.80. The number of nitriles is 1. The van der Waals surface area contributed by atoms with Crippen LogP contribution in [-0.2, 0) is 14.3 Å². The van der Waals surface area contributed by atoms with Gasteiger partial charge in [-0.1, -0.05) is 18.2 Å². The number of esters is 1. The van der Waals surface area contributed by atoms with Crippen LogP contribution in [0.1, 0.15) is 12.8 Å². The second-order valence-electron chi connectivity index (χ2n) is 5.50. The Hall–Kier alpha value is -2.85. The summed E-state index contributed by atoms with van der Waals surface area (Å²) in [5, 5.41) is 8.76. The predicted molar refractivity (Wildman–Crippen MR) is 102 cm³/mol. The van der Waals surface area contributed by atoms with E-state index in [9.17, 15) is 14.0 Å². The third-order valence-electron chi connectivity index (χ3n) is 3.56. The lowest BCUT2D eigenvalue weighted by Crippen LogP contribution is -2.35. The summed E-state index contributed by atoms with van der Waals surface area (Å²) in [6, 6.07) is 17.0. The number of thioether (sulfide) groups is 1. The molecule has 0 saturated heterocycles. The second-order valence-corrected chi connectivity index (χ2v) is 6.67. The number of benzene rings is 2. The first-order chi connectivity index (χ1) is 13.1. The minimum Gasteiger partial charge on any atom is -0.456 e. The molecule has 0 bridgehead atoms. The van der Waals surface area contributed by atoms with Gasteiger partial charge >= 0.3 is 5.97 Å². The largest absolute Gasteiger partial charge is 0.456 e. The summed E-state index contributed by atoms with van der Waals surface area (Å²) >= 11 is 1.53. The van der Waals surface area contributed by atoms with E-state index < -0.39 is 24.3 Å². The number of carbonyl (C=O) groups is 2. The van der Waals surface area contributed by atoms with Gasteiger partial charge in [0.15, 0.2) is 6.61 Å². The van der Waals surface area contributed by atoms with Crippen molar-refractivity contribution >= 4 is 29.3 Å². The van der Waals surface area contributed by atoms with Crippen LogP contribution in [0.15, 0.2) is 59.5 Å². The molecule has 0 heterocycles. The molecule has 2 aromatic carbocycles. The van der Waals surface area contributed by atoms with E-state index in [0.717, 1.165) is 4.90 Å². The van der Waals surface area contributed by atoms with Crippen LogP contribution in [0.25, 0.3) is 0 Å². The highest BCUT2D eigenvalue weighted by molar-refractivity contribution is 7.99. The summed E-state index contributed by atoms with van der Waals surface area (Å²) in [5.41, 5.74) is 0.451. The maximum absolute atomic E-state index is 13.1. The number of hydrogen-bond donors (Lipinski definition) is 0. The van der Waals surface area contributed by atoms with Crippen LogP contribution in [0.4, 0.5) is 10.1 Å². The quantitative estimate of drug-likeness (QED) is 0.484. The summed E-state index contributed by atoms with van der Waals surface area (Å²) in [6.07, 6.45) is 0.298. The van der Waals surface area contributed by atoms with Crippen LogP contribution >= 0.6 is 11.8 Å². The maximum Gasteiger partial charge on any atom is 0.307 e. The third kappa shape index (κ3) is 7.12. The zero-order valence-corrected chi connectivity index (χ0v) is 15.5. The Bertz CT molecular complexity index is 791. The number of rotatable bonds is 9. The fourth-order valence-electron chi connectivity index (χ4n) is 2.24. The van der Waals surface area contributed by atoms with Crippen molar-refractivity contribution in [2.45, 2.75) is 17.7 Å². The minimum absolute atomic E-state index is 0.116. The van der Waals surface area contributed by atoms with E-state index in [1.165, 1.54) is 40.9 Å². The zero-order valence-electron chi connectivity index (χ0n) is 14.6. The molecule has 0 aliphatic heterocycles. The molecule has 0 aromatic heterocycles. The number of halogens is 1. The SMILES string of the molecule is N#CCCN(C(=O)COC(=O)CCSc1ccccc1)c1ccc(F)cc1. The van der Waals surface area contributed by atoms with Gasteiger partial charge in [-0.05, 0) is 36.4 Å². The van der Waals surface area contributed by atoms with Gasteiger partial charge in [0.1, 0.15) is 5.82 Å². The highest BCUT2D eigenvalue weighted by Crippen LogP contribution is 2.18. The fraction of sp³-hybridized carbons (Fsp3) is 0.250. The molecule has 0 saturated carbocycles. The Labute approximate surface area is 161 Å². The standard InChI is InChI=1S/C20H19FN2O3S/c21-16-7-9-17(10-8-16)23(13-4-12-22)19(24)15-26-20(25)11-14-27-18-5-2-1-3-6-18/h1-3,5-10H,4,11,13-15H2. The maximum atomic E-state index is 13.1. The molecule has 7 heteroatoms. The van der Waals surface area contributed by atoms with Crippen molar-refractivity contribution in [3.63, 3.8) is 0 Å². The van der Waals surface area contributed by atoms with Gasteiger partial charge in [-0.15, -0.1) is 11.8 Å². The first kappa shape index (κ1) is 20.5. The Balaban J connectivity index is 1.82. The summed E-state index contributed by atoms with van der Waals surface area (Å²) in [5.74, 6) is -0.798. The highest BCUT2D eigenvalue weighted by Gasteiger charge is 2.17. The second kappa shape index (κ2) is 11.0. The van der Waals surface area contributed by atoms with Crippen LogP contribution in [0, 0.1) is 17.1 Å². The van der Waals surface area contributed by atoms with Gasteiger partial charge in [0.25, 0.3) is 5.91 Å². The lowest BCUT2D eigenvalue weighted by Gasteiger charge is -2.21. The summed E-state index contributed by atoms with van der Waals surface area (Å²) in [6.45, 7) is -0.278. The van der Waals surface area contributed by atoms with Gasteiger partial charge in [-0.2, -0.15) is 5.26 Å². The fourth-order valence-corrected chi connectivity index (χ4v) is 3.10. The van der Waals surface area contributed by atoms with Crippen LogP contribution in [-0.4, -0.2) is 30.8 Å². The summed E-state index contributed by atoms with van der Waals surface area (Å²) in [4.78, 5) is 26.6. The molecule has 2 aromatic rings. The van der Waals surface area contributed by atoms with Crippen LogP contribution in [0.2, 0.25) is 0 Å². The molecule has 27 heavy (non-hydrogen) atoms. The number of carbonyl (C=O) groups excluding carboxylic acids is 2. The summed E-state index contributed by atoms with van der Waals surface area (Å²) < 4.78 is 18.1. The zero-order chi connectivity index (χ0) is 19.5. The molecule has 0 spiro atoms. The Morgan fingerprint density at radius 3 is 2.48 bits per heavy atom. The van der Waals surface area contributed by atoms with Crippen LogP contribution in [0.3, 0.4) is 0 Å². The average Bonchev–Trinajstić information content (AvgIpc) is 2.69. The van der Waals surface area contributed by atoms with E-state index in [4.69, 9.17) is 10.00 Å². The molecule has 2 rings (SSSR count). The summed E-state index contributed by atoms with van der Waals surface area (Å²) in [7, 11) is 0. The first-order valence-electron chi connectivity index (χ1n) is 8.36. The van der Waals surface area contributed by atoms with Crippen molar-refractivity contribution in [2.24, 2.45) is 0 Å². The Morgan fingerprint density at radius 2 is 1.81 bits per heavy atom. The van der Waals surface area contributed by atoms with Gasteiger partial charge in [-0.25, -0.2) is 4.39 Å². The van der Waals surface area contributed by atoms with Crippen molar-refractivity contribution in [3.8, 4) is 6.07 Å². The highest BCUT2D eigenvalue weighted by atomic mass is 32.2. The molecule has 0 aliphatic rings. The molecule has 0 unspecified atom stereocenters. The number of hydrogen-bond acceptors (Lipinski definition) is 5. The lowest BCUT2D eigenvalue weighted by molar-refractivity contribution is -0.147. The van der Waals surface area contributed by atoms with E-state index in [0.29, 0.717) is 11.4 Å². The molecule has 0 aliphatic carbocycles. The lowest BCUT2D eigenvalue weighted by atomic mass is 10.2. The molecular weight excluding hydrogens is 367 g/mol. The van der Waals surface area contributed by atoms with E-state index >= 15 is 0 Å². The Kier molecular flexibility index (Phi) is 8.33. The molecule has 0 atom stereocenters. The number of amides is 1. The van der Waals surface area contributed by atoms with Gasteiger partial charge in [-0.3, -0.25) is 9.59 Å². The third-order valence-corrected chi connectivity index (χ3v) is 4.58. The number of nitrogens with zero attached hydrogens (tertiary/aromatic N) is 2. The van der Waals surface area contributed by atoms with Crippen molar-refractivity contribution in [1.29, 1.82) is 5.26 Å². The van der Waals surface area contributed by atoms with Crippen molar-refractivity contribution in [2.75, 3.05) is 23.8 Å². The average molecular weight is 386 g/mol.